The Bertz CT molecular complexity index is 283. The van der Waals surface area contributed by atoms with Gasteiger partial charge < -0.3 is 20.2 Å². The molecule has 0 aromatic heterocycles. The fourth-order valence-corrected chi connectivity index (χ4v) is 2.14. The summed E-state index contributed by atoms with van der Waals surface area (Å²) in [6.45, 7) is 5.97. The molecule has 2 atom stereocenters. The van der Waals surface area contributed by atoms with Crippen molar-refractivity contribution in [1.82, 2.24) is 0 Å². The Morgan fingerprint density at radius 2 is 1.65 bits per heavy atom. The van der Waals surface area contributed by atoms with Crippen molar-refractivity contribution in [1.29, 1.82) is 0 Å². The maximum atomic E-state index is 9.28. The van der Waals surface area contributed by atoms with Crippen LogP contribution in [-0.2, 0) is 30.7 Å². The van der Waals surface area contributed by atoms with E-state index in [1.54, 1.807) is 12.6 Å². The molecule has 4 nitrogen and oxygen atoms in total. The van der Waals surface area contributed by atoms with Crippen molar-refractivity contribution in [3.05, 3.63) is 22.8 Å². The molecule has 2 aliphatic rings. The van der Waals surface area contributed by atoms with E-state index in [1.165, 1.54) is 19.3 Å². The van der Waals surface area contributed by atoms with Gasteiger partial charge in [0.05, 0.1) is 0 Å². The molecule has 1 fully saturated rings. The van der Waals surface area contributed by atoms with E-state index in [4.69, 9.17) is 0 Å². The molecule has 5 heteroatoms. The second kappa shape index (κ2) is 19.7. The number of unbranched alkanes of at least 4 members (excludes halogenated alkanes) is 2. The van der Waals surface area contributed by atoms with E-state index in [-0.39, 0.29) is 21.1 Å². The zero-order chi connectivity index (χ0) is 16.5. The SMILES string of the molecule is C1=CC(C2CCCC[N-]2)[N-]CC1.CCC[C-]=O.CCC[C-]=O.[Pt+4]. The van der Waals surface area contributed by atoms with Gasteiger partial charge in [-0.05, 0) is 0 Å². The number of hydrogen-bond donors (Lipinski definition) is 0. The molecule has 2 heterocycles. The number of hydrogen-bond acceptors (Lipinski definition) is 2. The van der Waals surface area contributed by atoms with Crippen molar-refractivity contribution < 1.29 is 30.7 Å². The van der Waals surface area contributed by atoms with Gasteiger partial charge in [-0.25, -0.2) is 0 Å². The van der Waals surface area contributed by atoms with Gasteiger partial charge in [0.1, 0.15) is 0 Å². The fraction of sp³-hybridized carbons (Fsp3) is 0.778. The van der Waals surface area contributed by atoms with E-state index in [9.17, 15) is 9.59 Å². The first-order valence-electron chi connectivity index (χ1n) is 8.49. The fourth-order valence-electron chi connectivity index (χ4n) is 2.14. The molecule has 0 aromatic carbocycles. The molecule has 0 N–H and O–H groups in total. The first-order valence-corrected chi connectivity index (χ1v) is 8.49. The van der Waals surface area contributed by atoms with Crippen molar-refractivity contribution in [3.63, 3.8) is 0 Å². The van der Waals surface area contributed by atoms with Gasteiger partial charge >= 0.3 is 21.1 Å². The van der Waals surface area contributed by atoms with Crippen LogP contribution >= 0.6 is 0 Å². The number of rotatable bonds is 5. The molecule has 0 amide bonds. The zero-order valence-corrected chi connectivity index (χ0v) is 16.7. The van der Waals surface area contributed by atoms with Crippen LogP contribution in [0.3, 0.4) is 0 Å². The molecule has 134 valence electrons. The van der Waals surface area contributed by atoms with Gasteiger partial charge in [-0.2, -0.15) is 12.8 Å². The first kappa shape index (κ1) is 24.9. The molecule has 2 aliphatic heterocycles. The Labute approximate surface area is 156 Å². The van der Waals surface area contributed by atoms with Gasteiger partial charge in [-0.1, -0.05) is 58.4 Å². The summed E-state index contributed by atoms with van der Waals surface area (Å²) in [7, 11) is 0. The average molecular weight is 502 g/mol. The number of nitrogens with zero attached hydrogens (tertiary/aromatic N) is 2. The van der Waals surface area contributed by atoms with Crippen molar-refractivity contribution in [2.45, 2.75) is 77.3 Å². The van der Waals surface area contributed by atoms with Crippen LogP contribution in [0, 0.1) is 0 Å². The van der Waals surface area contributed by atoms with Crippen molar-refractivity contribution in [2.75, 3.05) is 13.1 Å². The van der Waals surface area contributed by atoms with Crippen LogP contribution < -0.4 is 0 Å². The van der Waals surface area contributed by atoms with E-state index < -0.39 is 0 Å². The quantitative estimate of drug-likeness (QED) is 0.414. The largest absolute Gasteiger partial charge is 4.00 e. The first-order chi connectivity index (χ1) is 10.8. The topological polar surface area (TPSA) is 62.3 Å². The third-order valence-corrected chi connectivity index (χ3v) is 3.34. The van der Waals surface area contributed by atoms with Gasteiger partial charge in [0, 0.05) is 0 Å². The predicted octanol–water partition coefficient (Wildman–Crippen LogP) is 4.40. The molecule has 0 aromatic rings. The van der Waals surface area contributed by atoms with Crippen LogP contribution in [0.5, 0.6) is 0 Å². The van der Waals surface area contributed by atoms with Crippen molar-refractivity contribution in [3.8, 4) is 0 Å². The molecule has 23 heavy (non-hydrogen) atoms. The smallest absolute Gasteiger partial charge is 0.660 e. The van der Waals surface area contributed by atoms with Crippen LogP contribution in [0.4, 0.5) is 0 Å². The van der Waals surface area contributed by atoms with Gasteiger partial charge in [-0.3, -0.25) is 12.6 Å². The van der Waals surface area contributed by atoms with E-state index in [2.05, 4.69) is 22.8 Å². The Kier molecular flexibility index (Phi) is 21.4. The molecular formula is C18H30N2O2Pt. The molecule has 2 rings (SSSR count). The summed E-state index contributed by atoms with van der Waals surface area (Å²) in [6.07, 6.45) is 16.0. The predicted molar refractivity (Wildman–Crippen MR) is 92.8 cm³/mol. The molecule has 0 radical (unpaired) electrons. The van der Waals surface area contributed by atoms with Crippen LogP contribution in [-0.4, -0.2) is 37.7 Å². The Balaban J connectivity index is 0. The Morgan fingerprint density at radius 1 is 1.00 bits per heavy atom. The minimum Gasteiger partial charge on any atom is -0.660 e. The molecule has 1 saturated heterocycles. The van der Waals surface area contributed by atoms with Crippen molar-refractivity contribution in [2.24, 2.45) is 0 Å². The van der Waals surface area contributed by atoms with E-state index >= 15 is 0 Å². The Morgan fingerprint density at radius 3 is 2.00 bits per heavy atom. The Hall–Kier alpha value is -0.312. The van der Waals surface area contributed by atoms with Crippen LogP contribution in [0.15, 0.2) is 12.2 Å². The summed E-state index contributed by atoms with van der Waals surface area (Å²) in [5.41, 5.74) is 0. The van der Waals surface area contributed by atoms with E-state index in [0.717, 1.165) is 32.4 Å². The molecule has 0 saturated carbocycles. The van der Waals surface area contributed by atoms with Crippen molar-refractivity contribution >= 4 is 12.6 Å². The van der Waals surface area contributed by atoms with E-state index in [0.29, 0.717) is 24.9 Å². The number of piperidine rings is 1. The summed E-state index contributed by atoms with van der Waals surface area (Å²) < 4.78 is 0. The third-order valence-electron chi connectivity index (χ3n) is 3.34. The van der Waals surface area contributed by atoms with Gasteiger partial charge in [0.25, 0.3) is 0 Å². The second-order valence-corrected chi connectivity index (χ2v) is 5.37. The maximum Gasteiger partial charge on any atom is 4.00 e. The summed E-state index contributed by atoms with van der Waals surface area (Å²) in [4.78, 5) is 18.6. The third kappa shape index (κ3) is 15.0. The molecular weight excluding hydrogens is 471 g/mol. The summed E-state index contributed by atoms with van der Waals surface area (Å²) >= 11 is 0. The van der Waals surface area contributed by atoms with E-state index in [1.807, 2.05) is 13.8 Å². The van der Waals surface area contributed by atoms with Gasteiger partial charge in [0.2, 0.25) is 0 Å². The van der Waals surface area contributed by atoms with Gasteiger partial charge in [0.15, 0.2) is 0 Å². The summed E-state index contributed by atoms with van der Waals surface area (Å²) in [5.74, 6) is 0. The molecule has 0 bridgehead atoms. The van der Waals surface area contributed by atoms with Crippen LogP contribution in [0.2, 0.25) is 0 Å². The molecule has 2 unspecified atom stereocenters. The second-order valence-electron chi connectivity index (χ2n) is 5.37. The minimum absolute atomic E-state index is 0. The minimum atomic E-state index is 0. The zero-order valence-electron chi connectivity index (χ0n) is 14.4. The van der Waals surface area contributed by atoms with Crippen LogP contribution in [0.1, 0.15) is 65.2 Å². The summed E-state index contributed by atoms with van der Waals surface area (Å²) in [5, 5.41) is 9.18. The monoisotopic (exact) mass is 501 g/mol. The summed E-state index contributed by atoms with van der Waals surface area (Å²) in [6, 6.07) is 0.925. The van der Waals surface area contributed by atoms with Crippen LogP contribution in [0.25, 0.3) is 10.6 Å². The standard InChI is InChI=1S/C10H16N2.2C4H7O.Pt/c1-3-7-11-9(5-1)10-6-2-4-8-12-10;2*1-2-3-4-5;/h1,5,9-10H,2-4,6-8H2;2*2-3H2,1H3;/q-2;2*-1;+4. The average Bonchev–Trinajstić information content (AvgIpc) is 2.59. The molecule has 0 spiro atoms. The van der Waals surface area contributed by atoms with Gasteiger partial charge in [-0.15, -0.1) is 31.2 Å². The maximum absolute atomic E-state index is 9.28. The molecule has 0 aliphatic carbocycles. The number of carbonyl (C=O) groups excluding carboxylic acids is 2. The normalized spacial score (nSPS) is 22.3.